The third-order valence-corrected chi connectivity index (χ3v) is 10.2. The molecule has 0 aliphatic heterocycles. The number of hydrogen-bond acceptors (Lipinski definition) is 2. The average molecular weight is 347 g/mol. The van der Waals surface area contributed by atoms with Gasteiger partial charge in [0.25, 0.3) is 0 Å². The van der Waals surface area contributed by atoms with E-state index >= 15 is 0 Å². The third-order valence-electron chi connectivity index (χ3n) is 4.89. The molecule has 25 heavy (non-hydrogen) atoms. The highest BCUT2D eigenvalue weighted by atomic mass is 28.3. The predicted octanol–water partition coefficient (Wildman–Crippen LogP) is 2.72. The van der Waals surface area contributed by atoms with Gasteiger partial charge in [-0.05, 0) is 15.6 Å². The fourth-order valence-corrected chi connectivity index (χ4v) is 8.83. The molecule has 3 heteroatoms. The average Bonchev–Trinajstić information content (AvgIpc) is 2.70. The van der Waals surface area contributed by atoms with Crippen LogP contribution < -0.4 is 15.6 Å². The van der Waals surface area contributed by atoms with E-state index in [1.165, 1.54) is 22.7 Å². The largest absolute Gasteiger partial charge is 0.469 e. The van der Waals surface area contributed by atoms with Crippen molar-refractivity contribution in [1.29, 1.82) is 0 Å². The first kappa shape index (κ1) is 17.2. The Morgan fingerprint density at radius 1 is 0.720 bits per heavy atom. The highest BCUT2D eigenvalue weighted by Gasteiger charge is 2.47. The van der Waals surface area contributed by atoms with E-state index in [1.807, 2.05) is 61.5 Å². The van der Waals surface area contributed by atoms with E-state index in [9.17, 15) is 4.79 Å². The summed E-state index contributed by atoms with van der Waals surface area (Å²) in [6.07, 6.45) is 0. The minimum absolute atomic E-state index is 0.164. The van der Waals surface area contributed by atoms with Crippen LogP contribution >= 0.6 is 0 Å². The van der Waals surface area contributed by atoms with Gasteiger partial charge in [-0.1, -0.05) is 97.9 Å². The lowest BCUT2D eigenvalue weighted by Crippen LogP contribution is -2.70. The predicted molar refractivity (Wildman–Crippen MR) is 105 cm³/mol. The highest BCUT2D eigenvalue weighted by molar-refractivity contribution is 7.13. The molecule has 1 unspecified atom stereocenters. The van der Waals surface area contributed by atoms with Crippen LogP contribution in [-0.2, 0) is 9.53 Å². The van der Waals surface area contributed by atoms with Crippen LogP contribution in [0.5, 0.6) is 0 Å². The fraction of sp³-hybridized carbons (Fsp3) is 0.136. The van der Waals surface area contributed by atoms with Crippen molar-refractivity contribution < 1.29 is 9.53 Å². The summed E-state index contributed by atoms with van der Waals surface area (Å²) in [5, 5.41) is 3.64. The molecule has 0 radical (unpaired) electrons. The monoisotopic (exact) mass is 346 g/mol. The van der Waals surface area contributed by atoms with Crippen molar-refractivity contribution >= 4 is 29.6 Å². The second kappa shape index (κ2) is 7.49. The summed E-state index contributed by atoms with van der Waals surface area (Å²) in [4.78, 5) is 12.7. The van der Waals surface area contributed by atoms with Gasteiger partial charge in [0.05, 0.1) is 12.7 Å². The fourth-order valence-electron chi connectivity index (χ4n) is 3.71. The molecule has 2 nitrogen and oxygen atoms in total. The van der Waals surface area contributed by atoms with E-state index in [4.69, 9.17) is 4.74 Å². The minimum Gasteiger partial charge on any atom is -0.469 e. The Kier molecular flexibility index (Phi) is 5.15. The van der Waals surface area contributed by atoms with Crippen LogP contribution in [0.1, 0.15) is 6.92 Å². The Balaban J connectivity index is 2.38. The molecule has 0 spiro atoms. The maximum atomic E-state index is 12.7. The lowest BCUT2D eigenvalue weighted by Gasteiger charge is -2.37. The Hall–Kier alpha value is -2.65. The highest BCUT2D eigenvalue weighted by Crippen LogP contribution is 2.23. The Labute approximate surface area is 150 Å². The topological polar surface area (TPSA) is 26.3 Å². The van der Waals surface area contributed by atoms with Gasteiger partial charge < -0.3 is 4.74 Å². The van der Waals surface area contributed by atoms with E-state index in [0.29, 0.717) is 0 Å². The second-order valence-electron chi connectivity index (χ2n) is 6.15. The van der Waals surface area contributed by atoms with Gasteiger partial charge in [-0.25, -0.2) is 0 Å². The van der Waals surface area contributed by atoms with Crippen molar-refractivity contribution in [1.82, 2.24) is 0 Å². The molecule has 0 amide bonds. The minimum atomic E-state index is -2.59. The van der Waals surface area contributed by atoms with Crippen molar-refractivity contribution in [3.05, 3.63) is 91.0 Å². The quantitative estimate of drug-likeness (QED) is 0.403. The molecule has 0 N–H and O–H groups in total. The lowest BCUT2D eigenvalue weighted by atomic mass is 10.3. The number of methoxy groups -OCH3 is 1. The van der Waals surface area contributed by atoms with Crippen molar-refractivity contribution in [2.24, 2.45) is 0 Å². The molecule has 0 bridgehead atoms. The van der Waals surface area contributed by atoms with Crippen LogP contribution in [0.4, 0.5) is 0 Å². The van der Waals surface area contributed by atoms with Crippen molar-refractivity contribution in [2.75, 3.05) is 7.11 Å². The summed E-state index contributed by atoms with van der Waals surface area (Å²) in [6.45, 7) is 2.01. The van der Waals surface area contributed by atoms with Crippen LogP contribution in [0.15, 0.2) is 91.0 Å². The standard InChI is InChI=1S/C22H22O2Si/c1-18(22(23)24-2)25(19-12-6-3-7-13-19,20-14-8-4-9-15-20)21-16-10-5-11-17-21/h3-18H,1-2H3. The molecule has 0 aromatic heterocycles. The maximum Gasteiger partial charge on any atom is 0.306 e. The molecular weight excluding hydrogens is 324 g/mol. The van der Waals surface area contributed by atoms with Crippen LogP contribution in [0, 0.1) is 0 Å². The van der Waals surface area contributed by atoms with Crippen LogP contribution in [0.3, 0.4) is 0 Å². The zero-order valence-electron chi connectivity index (χ0n) is 14.6. The molecule has 3 aromatic carbocycles. The Morgan fingerprint density at radius 2 is 1.04 bits per heavy atom. The number of rotatable bonds is 5. The molecule has 0 saturated carbocycles. The molecule has 0 aliphatic carbocycles. The van der Waals surface area contributed by atoms with E-state index in [0.717, 1.165) is 0 Å². The summed E-state index contributed by atoms with van der Waals surface area (Å²) < 4.78 is 5.18. The normalized spacial score (nSPS) is 12.4. The van der Waals surface area contributed by atoms with Gasteiger partial charge in [0.1, 0.15) is 0 Å². The number of esters is 1. The number of carbonyl (C=O) groups excluding carboxylic acids is 1. The summed E-state index contributed by atoms with van der Waals surface area (Å²) in [5.41, 5.74) is -0.246. The van der Waals surface area contributed by atoms with E-state index in [2.05, 4.69) is 36.4 Å². The van der Waals surface area contributed by atoms with Gasteiger partial charge in [-0.3, -0.25) is 4.79 Å². The first-order valence-electron chi connectivity index (χ1n) is 8.45. The number of hydrogen-bond donors (Lipinski definition) is 0. The SMILES string of the molecule is COC(=O)C(C)[Si](c1ccccc1)(c1ccccc1)c1ccccc1. The maximum absolute atomic E-state index is 12.7. The summed E-state index contributed by atoms with van der Waals surface area (Å²) >= 11 is 0. The molecule has 3 aromatic rings. The van der Waals surface area contributed by atoms with Crippen molar-refractivity contribution in [3.63, 3.8) is 0 Å². The molecule has 0 fully saturated rings. The smallest absolute Gasteiger partial charge is 0.306 e. The van der Waals surface area contributed by atoms with Gasteiger partial charge in [-0.15, -0.1) is 0 Å². The Bertz CT molecular complexity index is 720. The van der Waals surface area contributed by atoms with Gasteiger partial charge in [0, 0.05) is 0 Å². The molecule has 3 rings (SSSR count). The Morgan fingerprint density at radius 3 is 1.32 bits per heavy atom. The summed E-state index contributed by atoms with van der Waals surface area (Å²) in [7, 11) is -1.11. The summed E-state index contributed by atoms with van der Waals surface area (Å²) in [5.74, 6) is -0.164. The van der Waals surface area contributed by atoms with Crippen LogP contribution in [0.2, 0.25) is 5.54 Å². The van der Waals surface area contributed by atoms with Gasteiger partial charge in [0.2, 0.25) is 0 Å². The first-order valence-corrected chi connectivity index (χ1v) is 10.5. The molecule has 0 aliphatic rings. The first-order chi connectivity index (χ1) is 12.2. The summed E-state index contributed by atoms with van der Waals surface area (Å²) in [6, 6.07) is 31.2. The van der Waals surface area contributed by atoms with Gasteiger partial charge >= 0.3 is 5.97 Å². The molecule has 126 valence electrons. The van der Waals surface area contributed by atoms with E-state index in [1.54, 1.807) is 0 Å². The molecule has 0 saturated heterocycles. The molecular formula is C22H22O2Si. The number of benzene rings is 3. The van der Waals surface area contributed by atoms with Crippen LogP contribution in [0.25, 0.3) is 0 Å². The lowest BCUT2D eigenvalue weighted by molar-refractivity contribution is -0.140. The van der Waals surface area contributed by atoms with Crippen molar-refractivity contribution in [2.45, 2.75) is 12.5 Å². The molecule has 0 heterocycles. The van der Waals surface area contributed by atoms with Gasteiger partial charge in [0.15, 0.2) is 8.07 Å². The third kappa shape index (κ3) is 3.03. The van der Waals surface area contributed by atoms with E-state index < -0.39 is 8.07 Å². The zero-order chi connectivity index (χ0) is 17.7. The van der Waals surface area contributed by atoms with Gasteiger partial charge in [-0.2, -0.15) is 0 Å². The van der Waals surface area contributed by atoms with Crippen molar-refractivity contribution in [3.8, 4) is 0 Å². The zero-order valence-corrected chi connectivity index (χ0v) is 15.6. The molecule has 1 atom stereocenters. The van der Waals surface area contributed by atoms with Crippen LogP contribution in [-0.4, -0.2) is 21.2 Å². The number of carbonyl (C=O) groups is 1. The second-order valence-corrected chi connectivity index (χ2v) is 10.4. The number of ether oxygens (including phenoxy) is 1. The van der Waals surface area contributed by atoms with E-state index in [-0.39, 0.29) is 11.5 Å².